The average Bonchev–Trinajstić information content (AvgIpc) is 3.28. The fourth-order valence-corrected chi connectivity index (χ4v) is 4.07. The van der Waals surface area contributed by atoms with Gasteiger partial charge in [0.25, 0.3) is 5.91 Å². The number of benzene rings is 2. The molecule has 1 unspecified atom stereocenters. The highest BCUT2D eigenvalue weighted by Gasteiger charge is 2.29. The minimum atomic E-state index is -0.472. The van der Waals surface area contributed by atoms with Crippen molar-refractivity contribution in [3.63, 3.8) is 0 Å². The van der Waals surface area contributed by atoms with Crippen molar-refractivity contribution in [2.45, 2.75) is 31.8 Å². The molecule has 0 spiro atoms. The van der Waals surface area contributed by atoms with Crippen LogP contribution < -0.4 is 5.73 Å². The molecule has 27 heavy (non-hydrogen) atoms. The average molecular weight is 361 g/mol. The number of nitrogens with zero attached hydrogens (tertiary/aromatic N) is 2. The van der Waals surface area contributed by atoms with Crippen molar-refractivity contribution < 1.29 is 9.59 Å². The van der Waals surface area contributed by atoms with E-state index < -0.39 is 5.91 Å². The van der Waals surface area contributed by atoms with Gasteiger partial charge in [-0.25, -0.2) is 0 Å². The zero-order chi connectivity index (χ0) is 18.8. The number of hydrogen-bond acceptors (Lipinski definition) is 2. The number of primary amides is 1. The fourth-order valence-electron chi connectivity index (χ4n) is 4.07. The molecule has 0 bridgehead atoms. The number of aromatic nitrogens is 1. The van der Waals surface area contributed by atoms with E-state index in [0.717, 1.165) is 36.7 Å². The SMILES string of the molecule is NC(=O)c1cn(CC(=O)N2CCCC2Cc2ccccc2)c2ccccc12. The molecule has 5 heteroatoms. The van der Waals surface area contributed by atoms with Crippen LogP contribution in [0.5, 0.6) is 0 Å². The van der Waals surface area contributed by atoms with E-state index in [2.05, 4.69) is 12.1 Å². The molecule has 4 rings (SSSR count). The fraction of sp³-hybridized carbons (Fsp3) is 0.273. The van der Waals surface area contributed by atoms with E-state index in [9.17, 15) is 9.59 Å². The molecule has 1 saturated heterocycles. The maximum atomic E-state index is 13.0. The molecule has 0 radical (unpaired) electrons. The second-order valence-corrected chi connectivity index (χ2v) is 7.12. The third kappa shape index (κ3) is 3.45. The van der Waals surface area contributed by atoms with E-state index in [0.29, 0.717) is 5.56 Å². The maximum absolute atomic E-state index is 13.0. The van der Waals surface area contributed by atoms with Gasteiger partial charge in [0, 0.05) is 29.7 Å². The molecule has 2 heterocycles. The third-order valence-corrected chi connectivity index (χ3v) is 5.37. The van der Waals surface area contributed by atoms with Crippen LogP contribution in [0, 0.1) is 0 Å². The third-order valence-electron chi connectivity index (χ3n) is 5.37. The number of carbonyl (C=O) groups excluding carboxylic acids is 2. The molecule has 5 nitrogen and oxygen atoms in total. The van der Waals surface area contributed by atoms with Crippen molar-refractivity contribution in [3.8, 4) is 0 Å². The zero-order valence-corrected chi connectivity index (χ0v) is 15.2. The molecular formula is C22H23N3O2. The topological polar surface area (TPSA) is 68.3 Å². The molecule has 2 aromatic carbocycles. The van der Waals surface area contributed by atoms with Crippen molar-refractivity contribution in [1.82, 2.24) is 9.47 Å². The Bertz CT molecular complexity index is 978. The van der Waals surface area contributed by atoms with Gasteiger partial charge in [-0.1, -0.05) is 48.5 Å². The molecule has 2 N–H and O–H groups in total. The lowest BCUT2D eigenvalue weighted by atomic mass is 10.0. The summed E-state index contributed by atoms with van der Waals surface area (Å²) >= 11 is 0. The highest BCUT2D eigenvalue weighted by molar-refractivity contribution is 6.06. The molecule has 1 aromatic heterocycles. The summed E-state index contributed by atoms with van der Waals surface area (Å²) in [5.41, 5.74) is 8.08. The first-order valence-electron chi connectivity index (χ1n) is 9.34. The molecule has 1 aliphatic rings. The smallest absolute Gasteiger partial charge is 0.250 e. The van der Waals surface area contributed by atoms with Gasteiger partial charge in [-0.05, 0) is 30.9 Å². The first-order chi connectivity index (χ1) is 13.1. The van der Waals surface area contributed by atoms with Crippen LogP contribution >= 0.6 is 0 Å². The summed E-state index contributed by atoms with van der Waals surface area (Å²) < 4.78 is 1.84. The number of para-hydroxylation sites is 1. The predicted molar refractivity (Wildman–Crippen MR) is 105 cm³/mol. The first kappa shape index (κ1) is 17.3. The molecular weight excluding hydrogens is 338 g/mol. The van der Waals surface area contributed by atoms with Crippen LogP contribution in [0.3, 0.4) is 0 Å². The standard InChI is InChI=1S/C22H23N3O2/c23-22(27)19-14-24(20-11-5-4-10-18(19)20)15-21(26)25-12-6-9-17(25)13-16-7-2-1-3-8-16/h1-5,7-8,10-11,14,17H,6,9,12-13,15H2,(H2,23,27). The van der Waals surface area contributed by atoms with Gasteiger partial charge in [0.2, 0.25) is 5.91 Å². The van der Waals surface area contributed by atoms with Crippen LogP contribution in [0.15, 0.2) is 60.8 Å². The minimum Gasteiger partial charge on any atom is -0.366 e. The van der Waals surface area contributed by atoms with E-state index >= 15 is 0 Å². The molecule has 2 amide bonds. The Morgan fingerprint density at radius 3 is 2.56 bits per heavy atom. The van der Waals surface area contributed by atoms with E-state index in [-0.39, 0.29) is 18.5 Å². The normalized spacial score (nSPS) is 16.7. The van der Waals surface area contributed by atoms with E-state index in [4.69, 9.17) is 5.73 Å². The first-order valence-corrected chi connectivity index (χ1v) is 9.34. The highest BCUT2D eigenvalue weighted by atomic mass is 16.2. The minimum absolute atomic E-state index is 0.0882. The lowest BCUT2D eigenvalue weighted by molar-refractivity contribution is -0.132. The van der Waals surface area contributed by atoms with Gasteiger partial charge in [0.05, 0.1) is 5.56 Å². The van der Waals surface area contributed by atoms with E-state index in [1.807, 2.05) is 51.9 Å². The van der Waals surface area contributed by atoms with Crippen LogP contribution in [0.2, 0.25) is 0 Å². The zero-order valence-electron chi connectivity index (χ0n) is 15.2. The summed E-state index contributed by atoms with van der Waals surface area (Å²) in [6.07, 6.45) is 4.64. The number of likely N-dealkylation sites (tertiary alicyclic amines) is 1. The Hall–Kier alpha value is -3.08. The Kier molecular flexibility index (Phi) is 4.67. The quantitative estimate of drug-likeness (QED) is 0.759. The predicted octanol–water partition coefficient (Wildman–Crippen LogP) is 2.97. The maximum Gasteiger partial charge on any atom is 0.250 e. The second kappa shape index (κ2) is 7.27. The number of nitrogens with two attached hydrogens (primary N) is 1. The van der Waals surface area contributed by atoms with Gasteiger partial charge in [0.1, 0.15) is 6.54 Å². The van der Waals surface area contributed by atoms with Gasteiger partial charge >= 0.3 is 0 Å². The van der Waals surface area contributed by atoms with Crippen LogP contribution in [-0.4, -0.2) is 33.9 Å². The van der Waals surface area contributed by atoms with E-state index in [1.165, 1.54) is 5.56 Å². The van der Waals surface area contributed by atoms with Crippen LogP contribution in [-0.2, 0) is 17.8 Å². The van der Waals surface area contributed by atoms with Crippen molar-refractivity contribution >= 4 is 22.7 Å². The molecule has 0 aliphatic carbocycles. The Labute approximate surface area is 158 Å². The van der Waals surface area contributed by atoms with Gasteiger partial charge in [-0.15, -0.1) is 0 Å². The molecule has 3 aromatic rings. The second-order valence-electron chi connectivity index (χ2n) is 7.12. The summed E-state index contributed by atoms with van der Waals surface area (Å²) in [5.74, 6) is -0.384. The van der Waals surface area contributed by atoms with Gasteiger partial charge < -0.3 is 15.2 Å². The molecule has 1 fully saturated rings. The Balaban J connectivity index is 1.55. The van der Waals surface area contributed by atoms with Crippen molar-refractivity contribution in [2.24, 2.45) is 5.73 Å². The molecule has 1 aliphatic heterocycles. The molecule has 138 valence electrons. The van der Waals surface area contributed by atoms with Gasteiger partial charge in [-0.2, -0.15) is 0 Å². The monoisotopic (exact) mass is 361 g/mol. The Morgan fingerprint density at radius 1 is 1.04 bits per heavy atom. The van der Waals surface area contributed by atoms with Crippen molar-refractivity contribution in [3.05, 3.63) is 71.9 Å². The number of fused-ring (bicyclic) bond motifs is 1. The van der Waals surface area contributed by atoms with Crippen molar-refractivity contribution in [1.29, 1.82) is 0 Å². The summed E-state index contributed by atoms with van der Waals surface area (Å²) in [7, 11) is 0. The van der Waals surface area contributed by atoms with Crippen molar-refractivity contribution in [2.75, 3.05) is 6.54 Å². The van der Waals surface area contributed by atoms with Gasteiger partial charge in [-0.3, -0.25) is 9.59 Å². The number of rotatable bonds is 5. The number of carbonyl (C=O) groups is 2. The lowest BCUT2D eigenvalue weighted by Gasteiger charge is -2.25. The van der Waals surface area contributed by atoms with Gasteiger partial charge in [0.15, 0.2) is 0 Å². The number of hydrogen-bond donors (Lipinski definition) is 1. The van der Waals surface area contributed by atoms with Crippen LogP contribution in [0.25, 0.3) is 10.9 Å². The molecule has 1 atom stereocenters. The lowest BCUT2D eigenvalue weighted by Crippen LogP contribution is -2.38. The number of amides is 2. The summed E-state index contributed by atoms with van der Waals surface area (Å²) in [5, 5.41) is 0.792. The van der Waals surface area contributed by atoms with Crippen LogP contribution in [0.4, 0.5) is 0 Å². The highest BCUT2D eigenvalue weighted by Crippen LogP contribution is 2.24. The largest absolute Gasteiger partial charge is 0.366 e. The van der Waals surface area contributed by atoms with E-state index in [1.54, 1.807) is 6.20 Å². The Morgan fingerprint density at radius 2 is 1.78 bits per heavy atom. The summed E-state index contributed by atoms with van der Waals surface area (Å²) in [4.78, 5) is 26.8. The van der Waals surface area contributed by atoms with Crippen LogP contribution in [0.1, 0.15) is 28.8 Å². The molecule has 0 saturated carbocycles. The summed E-state index contributed by atoms with van der Waals surface area (Å²) in [6, 6.07) is 18.1. The summed E-state index contributed by atoms with van der Waals surface area (Å²) in [6.45, 7) is 1.01.